The molecule has 3 heterocycles. The molecule has 0 radical (unpaired) electrons. The maximum atomic E-state index is 13.4. The lowest BCUT2D eigenvalue weighted by molar-refractivity contribution is 0.0964. The molecular formula is C25H28N4O3. The molecule has 7 heteroatoms. The number of nitrogens with zero attached hydrogens (tertiary/aromatic N) is 2. The summed E-state index contributed by atoms with van der Waals surface area (Å²) < 4.78 is 7.55. The number of amides is 1. The van der Waals surface area contributed by atoms with Gasteiger partial charge in [-0.25, -0.2) is 4.98 Å². The first-order valence-corrected chi connectivity index (χ1v) is 11.1. The van der Waals surface area contributed by atoms with Gasteiger partial charge in [-0.1, -0.05) is 18.2 Å². The van der Waals surface area contributed by atoms with E-state index in [1.807, 2.05) is 42.7 Å². The largest absolute Gasteiger partial charge is 0.380 e. The van der Waals surface area contributed by atoms with Crippen molar-refractivity contribution in [1.82, 2.24) is 14.9 Å². The first-order valence-electron chi connectivity index (χ1n) is 11.1. The molecule has 1 fully saturated rings. The molecule has 0 bridgehead atoms. The van der Waals surface area contributed by atoms with Crippen molar-refractivity contribution < 1.29 is 9.53 Å². The summed E-state index contributed by atoms with van der Waals surface area (Å²) >= 11 is 0. The SMILES string of the molecule is CNC(=O)c1ccccc1N[C@H](C)c1cc(C)cc2c(=O)n3c(nc12)[C@]1(CCOC1)CC3. The lowest BCUT2D eigenvalue weighted by Crippen LogP contribution is -2.29. The molecule has 0 saturated carbocycles. The Morgan fingerprint density at radius 1 is 1.25 bits per heavy atom. The van der Waals surface area contributed by atoms with Crippen molar-refractivity contribution in [2.45, 2.75) is 44.7 Å². The molecule has 1 spiro atoms. The van der Waals surface area contributed by atoms with Gasteiger partial charge < -0.3 is 15.4 Å². The molecule has 1 amide bonds. The predicted octanol–water partition coefficient (Wildman–Crippen LogP) is 3.30. The van der Waals surface area contributed by atoms with E-state index < -0.39 is 0 Å². The van der Waals surface area contributed by atoms with Gasteiger partial charge in [0, 0.05) is 31.5 Å². The lowest BCUT2D eigenvalue weighted by Gasteiger charge is -2.23. The normalized spacial score (nSPS) is 20.5. The van der Waals surface area contributed by atoms with Crippen LogP contribution in [-0.2, 0) is 16.7 Å². The Kier molecular flexibility index (Phi) is 5.01. The summed E-state index contributed by atoms with van der Waals surface area (Å²) in [5.41, 5.74) is 3.89. The van der Waals surface area contributed by atoms with E-state index >= 15 is 0 Å². The smallest absolute Gasteiger partial charge is 0.261 e. The van der Waals surface area contributed by atoms with Crippen LogP contribution in [0.15, 0.2) is 41.2 Å². The number of para-hydroxylation sites is 1. The molecule has 2 aliphatic heterocycles. The second-order valence-electron chi connectivity index (χ2n) is 8.97. The van der Waals surface area contributed by atoms with Gasteiger partial charge in [0.15, 0.2) is 0 Å². The fourth-order valence-corrected chi connectivity index (χ4v) is 5.12. The van der Waals surface area contributed by atoms with Gasteiger partial charge in [-0.2, -0.15) is 0 Å². The molecule has 2 aliphatic rings. The van der Waals surface area contributed by atoms with Crippen molar-refractivity contribution in [1.29, 1.82) is 0 Å². The molecule has 2 N–H and O–H groups in total. The maximum absolute atomic E-state index is 13.4. The van der Waals surface area contributed by atoms with Crippen LogP contribution < -0.4 is 16.2 Å². The Bertz CT molecular complexity index is 1270. The standard InChI is InChI=1S/C25H28N4O3/c1-15-12-18(16(2)27-20-7-5-4-6-17(20)22(30)26-3)21-19(13-15)23(31)29-10-8-25(24(29)28-21)9-11-32-14-25/h4-7,12-13,16,27H,8-11,14H2,1-3H3,(H,26,30)/t16-,25+/m1/s1. The van der Waals surface area contributed by atoms with Crippen molar-refractivity contribution in [3.8, 4) is 0 Å². The number of benzene rings is 2. The lowest BCUT2D eigenvalue weighted by atomic mass is 9.85. The number of hydrogen-bond donors (Lipinski definition) is 2. The zero-order valence-corrected chi connectivity index (χ0v) is 18.7. The number of ether oxygens (including phenoxy) is 1. The summed E-state index contributed by atoms with van der Waals surface area (Å²) in [6.07, 6.45) is 1.80. The highest BCUT2D eigenvalue weighted by Gasteiger charge is 2.44. The number of anilines is 1. The quantitative estimate of drug-likeness (QED) is 0.661. The third-order valence-electron chi connectivity index (χ3n) is 6.86. The molecule has 2 atom stereocenters. The Hall–Kier alpha value is -3.19. The predicted molar refractivity (Wildman–Crippen MR) is 124 cm³/mol. The number of hydrogen-bond acceptors (Lipinski definition) is 5. The van der Waals surface area contributed by atoms with E-state index in [-0.39, 0.29) is 22.9 Å². The highest BCUT2D eigenvalue weighted by atomic mass is 16.5. The zero-order valence-electron chi connectivity index (χ0n) is 18.7. The molecule has 32 heavy (non-hydrogen) atoms. The van der Waals surface area contributed by atoms with E-state index in [9.17, 15) is 9.59 Å². The number of carbonyl (C=O) groups is 1. The van der Waals surface area contributed by atoms with Gasteiger partial charge in [-0.15, -0.1) is 0 Å². The number of rotatable bonds is 4. The second-order valence-corrected chi connectivity index (χ2v) is 8.97. The van der Waals surface area contributed by atoms with Crippen molar-refractivity contribution in [2.75, 3.05) is 25.6 Å². The van der Waals surface area contributed by atoms with Crippen molar-refractivity contribution in [2.24, 2.45) is 0 Å². The van der Waals surface area contributed by atoms with E-state index in [4.69, 9.17) is 9.72 Å². The first-order chi connectivity index (χ1) is 15.4. The number of fused-ring (bicyclic) bond motifs is 3. The number of aryl methyl sites for hydroxylation is 1. The van der Waals surface area contributed by atoms with Crippen LogP contribution in [0.5, 0.6) is 0 Å². The van der Waals surface area contributed by atoms with Gasteiger partial charge in [0.05, 0.1) is 34.5 Å². The second kappa shape index (κ2) is 7.74. The highest BCUT2D eigenvalue weighted by Crippen LogP contribution is 2.40. The fourth-order valence-electron chi connectivity index (χ4n) is 5.12. The Balaban J connectivity index is 1.63. The number of aromatic nitrogens is 2. The van der Waals surface area contributed by atoms with Crippen LogP contribution >= 0.6 is 0 Å². The minimum Gasteiger partial charge on any atom is -0.380 e. The van der Waals surface area contributed by atoms with Crippen LogP contribution in [0.4, 0.5) is 5.69 Å². The number of carbonyl (C=O) groups excluding carboxylic acids is 1. The molecule has 5 rings (SSSR count). The van der Waals surface area contributed by atoms with Gasteiger partial charge in [0.1, 0.15) is 5.82 Å². The molecule has 1 aromatic heterocycles. The minimum absolute atomic E-state index is 0.0247. The van der Waals surface area contributed by atoms with E-state index in [0.717, 1.165) is 41.0 Å². The summed E-state index contributed by atoms with van der Waals surface area (Å²) in [5, 5.41) is 6.81. The summed E-state index contributed by atoms with van der Waals surface area (Å²) in [5.74, 6) is 0.710. The average Bonchev–Trinajstić information content (AvgIpc) is 3.42. The summed E-state index contributed by atoms with van der Waals surface area (Å²) in [4.78, 5) is 30.8. The maximum Gasteiger partial charge on any atom is 0.261 e. The Labute approximate surface area is 186 Å². The Morgan fingerprint density at radius 3 is 2.81 bits per heavy atom. The van der Waals surface area contributed by atoms with Gasteiger partial charge >= 0.3 is 0 Å². The zero-order chi connectivity index (χ0) is 22.5. The van der Waals surface area contributed by atoms with Gasteiger partial charge in [-0.05, 0) is 50.5 Å². The third-order valence-corrected chi connectivity index (χ3v) is 6.86. The van der Waals surface area contributed by atoms with E-state index in [2.05, 4.69) is 16.7 Å². The third kappa shape index (κ3) is 3.19. The van der Waals surface area contributed by atoms with Crippen LogP contribution in [0.3, 0.4) is 0 Å². The fraction of sp³-hybridized carbons (Fsp3) is 0.400. The molecule has 166 valence electrons. The molecule has 3 aromatic rings. The van der Waals surface area contributed by atoms with E-state index in [1.165, 1.54) is 0 Å². The van der Waals surface area contributed by atoms with Crippen molar-refractivity contribution in [3.05, 3.63) is 69.3 Å². The molecule has 0 aliphatic carbocycles. The topological polar surface area (TPSA) is 85.3 Å². The minimum atomic E-state index is -0.157. The number of nitrogens with one attached hydrogen (secondary N) is 2. The monoisotopic (exact) mass is 432 g/mol. The average molecular weight is 433 g/mol. The van der Waals surface area contributed by atoms with Crippen LogP contribution in [0.25, 0.3) is 10.9 Å². The van der Waals surface area contributed by atoms with Gasteiger partial charge in [0.25, 0.3) is 11.5 Å². The molecule has 2 aromatic carbocycles. The van der Waals surface area contributed by atoms with Crippen LogP contribution in [0.2, 0.25) is 0 Å². The highest BCUT2D eigenvalue weighted by molar-refractivity contribution is 5.99. The summed E-state index contributed by atoms with van der Waals surface area (Å²) in [6.45, 7) is 6.06. The van der Waals surface area contributed by atoms with Crippen LogP contribution in [0, 0.1) is 6.92 Å². The summed E-state index contributed by atoms with van der Waals surface area (Å²) in [7, 11) is 1.62. The van der Waals surface area contributed by atoms with Crippen molar-refractivity contribution >= 4 is 22.5 Å². The van der Waals surface area contributed by atoms with Gasteiger partial charge in [0.2, 0.25) is 0 Å². The molecule has 0 unspecified atom stereocenters. The van der Waals surface area contributed by atoms with Crippen LogP contribution in [0.1, 0.15) is 53.1 Å². The Morgan fingerprint density at radius 2 is 2.06 bits per heavy atom. The molecule has 1 saturated heterocycles. The molecule has 7 nitrogen and oxygen atoms in total. The van der Waals surface area contributed by atoms with Crippen molar-refractivity contribution in [3.63, 3.8) is 0 Å². The van der Waals surface area contributed by atoms with Gasteiger partial charge in [-0.3, -0.25) is 14.2 Å². The molecular weight excluding hydrogens is 404 g/mol. The first kappa shape index (κ1) is 20.7. The summed E-state index contributed by atoms with van der Waals surface area (Å²) in [6, 6.07) is 11.3. The van der Waals surface area contributed by atoms with E-state index in [1.54, 1.807) is 13.1 Å². The van der Waals surface area contributed by atoms with E-state index in [0.29, 0.717) is 30.7 Å². The van der Waals surface area contributed by atoms with Crippen LogP contribution in [-0.4, -0.2) is 35.7 Å².